The van der Waals surface area contributed by atoms with Crippen molar-refractivity contribution in [1.82, 2.24) is 4.90 Å². The molecule has 0 spiro atoms. The number of hydrogen-bond donors (Lipinski definition) is 0. The highest BCUT2D eigenvalue weighted by Crippen LogP contribution is 2.58. The fraction of sp³-hybridized carbons (Fsp3) is 1.00. The third kappa shape index (κ3) is 6.60. The molecule has 298 valence electrons. The predicted octanol–water partition coefficient (Wildman–Crippen LogP) is 12.5. The Hall–Kier alpha value is -0.120. The van der Waals surface area contributed by atoms with Gasteiger partial charge in [-0.3, -0.25) is 4.90 Å². The second-order valence-electron chi connectivity index (χ2n) is 22.4. The van der Waals surface area contributed by atoms with Crippen LogP contribution in [0.3, 0.4) is 0 Å². The zero-order chi connectivity index (χ0) is 34.9. The number of nitrogens with zero attached hydrogens (tertiary/aromatic N) is 1. The van der Waals surface area contributed by atoms with E-state index in [1.807, 2.05) is 0 Å². The van der Waals surface area contributed by atoms with Gasteiger partial charge in [0.25, 0.3) is 0 Å². The molecule has 0 aromatic rings. The minimum atomic E-state index is 0.509. The van der Waals surface area contributed by atoms with Gasteiger partial charge in [-0.15, -0.1) is 0 Å². The molecule has 53 heavy (non-hydrogen) atoms. The quantitative estimate of drug-likeness (QED) is 0.281. The van der Waals surface area contributed by atoms with Crippen LogP contribution in [0.4, 0.5) is 0 Å². The maximum atomic E-state index is 7.74. The number of ether oxygens (including phenoxy) is 2. The third-order valence-corrected chi connectivity index (χ3v) is 20.5. The molecule has 0 aromatic heterocycles. The van der Waals surface area contributed by atoms with Gasteiger partial charge in [0.15, 0.2) is 0 Å². The molecular formula is C50H81NO2. The Kier molecular flexibility index (Phi) is 10.6. The Labute approximate surface area is 326 Å². The summed E-state index contributed by atoms with van der Waals surface area (Å²) in [6, 6.07) is 2.35. The second-order valence-corrected chi connectivity index (χ2v) is 22.4. The van der Waals surface area contributed by atoms with Crippen molar-refractivity contribution >= 4 is 0 Å². The molecule has 9 aliphatic carbocycles. The molecule has 11 fully saturated rings. The molecule has 0 amide bonds. The lowest BCUT2D eigenvalue weighted by atomic mass is 9.59. The van der Waals surface area contributed by atoms with Crippen LogP contribution in [0.15, 0.2) is 0 Å². The first kappa shape index (κ1) is 36.0. The predicted molar refractivity (Wildman–Crippen MR) is 216 cm³/mol. The van der Waals surface area contributed by atoms with Gasteiger partial charge < -0.3 is 9.47 Å². The van der Waals surface area contributed by atoms with E-state index in [-0.39, 0.29) is 0 Å². The molecule has 3 nitrogen and oxygen atoms in total. The van der Waals surface area contributed by atoms with Crippen molar-refractivity contribution in [2.75, 3.05) is 0 Å². The minimum absolute atomic E-state index is 0.509. The maximum Gasteiger partial charge on any atom is 0.0766 e. The summed E-state index contributed by atoms with van der Waals surface area (Å²) in [5.74, 6) is 11.8. The Morgan fingerprint density at radius 3 is 1.36 bits per heavy atom. The van der Waals surface area contributed by atoms with Gasteiger partial charge in [0.2, 0.25) is 0 Å². The molecule has 0 aromatic carbocycles. The van der Waals surface area contributed by atoms with Crippen molar-refractivity contribution in [2.24, 2.45) is 71.0 Å². The molecule has 0 radical (unpaired) electrons. The zero-order valence-electron chi connectivity index (χ0n) is 34.2. The van der Waals surface area contributed by atoms with Crippen LogP contribution in [0.5, 0.6) is 0 Å². The van der Waals surface area contributed by atoms with Crippen molar-refractivity contribution in [3.8, 4) is 0 Å². The van der Waals surface area contributed by atoms with E-state index in [0.717, 1.165) is 77.2 Å². The van der Waals surface area contributed by atoms with Gasteiger partial charge in [-0.25, -0.2) is 0 Å². The van der Waals surface area contributed by atoms with E-state index in [9.17, 15) is 0 Å². The molecule has 2 saturated heterocycles. The van der Waals surface area contributed by atoms with E-state index in [1.54, 1.807) is 89.9 Å². The Bertz CT molecular complexity index is 1160. The first-order valence-corrected chi connectivity index (χ1v) is 25.4. The number of hydrogen-bond acceptors (Lipinski definition) is 3. The van der Waals surface area contributed by atoms with Gasteiger partial charge in [-0.2, -0.15) is 0 Å². The third-order valence-electron chi connectivity index (χ3n) is 20.5. The van der Waals surface area contributed by atoms with E-state index < -0.39 is 0 Å². The Balaban J connectivity index is 0.830. The van der Waals surface area contributed by atoms with Gasteiger partial charge in [-0.05, 0) is 181 Å². The summed E-state index contributed by atoms with van der Waals surface area (Å²) in [4.78, 5) is 3.35. The first-order valence-electron chi connectivity index (χ1n) is 25.4. The molecule has 15 unspecified atom stereocenters. The standard InChI is InChI=1S/C50H81NO2/c1-3-14-38-32(10-1)12-7-17-40(38)34-22-26-36(27-23-34)51(37-28-24-35(25-29-37)41-18-8-13-33-11-2-4-15-39(33)41)45-20-9-19-42-43-30-31-47-48(50(43)53-49(42)45)44-16-5-6-21-46(44)52-47/h32-50H,1-31H2. The molecule has 9 saturated carbocycles. The number of fused-ring (bicyclic) bond motifs is 9. The molecule has 15 atom stereocenters. The summed E-state index contributed by atoms with van der Waals surface area (Å²) in [6.45, 7) is 0. The SMILES string of the molecule is C1CCC2C(C1)CCCC2C1CCC(N(C2CCC(C3CCCC4CCCCC43)CC2)C2CCCC3C4CCC5OC6CCCCC6C5C4OC32)CC1. The molecule has 2 aliphatic heterocycles. The van der Waals surface area contributed by atoms with Crippen LogP contribution in [-0.2, 0) is 9.47 Å². The largest absolute Gasteiger partial charge is 0.374 e. The van der Waals surface area contributed by atoms with Gasteiger partial charge in [0.1, 0.15) is 0 Å². The fourth-order valence-electron chi connectivity index (χ4n) is 18.5. The Morgan fingerprint density at radius 1 is 0.283 bits per heavy atom. The van der Waals surface area contributed by atoms with E-state index in [1.165, 1.54) is 109 Å². The summed E-state index contributed by atoms with van der Waals surface area (Å²) < 4.78 is 14.6. The van der Waals surface area contributed by atoms with Gasteiger partial charge >= 0.3 is 0 Å². The van der Waals surface area contributed by atoms with Crippen molar-refractivity contribution in [1.29, 1.82) is 0 Å². The summed E-state index contributed by atoms with van der Waals surface area (Å²) in [5.41, 5.74) is 0. The smallest absolute Gasteiger partial charge is 0.0766 e. The average molecular weight is 728 g/mol. The molecule has 0 bridgehead atoms. The van der Waals surface area contributed by atoms with E-state index >= 15 is 0 Å². The second kappa shape index (κ2) is 15.6. The van der Waals surface area contributed by atoms with Crippen LogP contribution < -0.4 is 0 Å². The van der Waals surface area contributed by atoms with Crippen LogP contribution in [0.1, 0.15) is 199 Å². The van der Waals surface area contributed by atoms with E-state index in [2.05, 4.69) is 4.90 Å². The Morgan fingerprint density at radius 2 is 0.736 bits per heavy atom. The summed E-state index contributed by atoms with van der Waals surface area (Å²) in [6.07, 6.45) is 48.7. The molecule has 3 heteroatoms. The van der Waals surface area contributed by atoms with Crippen LogP contribution >= 0.6 is 0 Å². The van der Waals surface area contributed by atoms with Crippen molar-refractivity contribution < 1.29 is 9.47 Å². The van der Waals surface area contributed by atoms with E-state index in [0.29, 0.717) is 36.4 Å². The van der Waals surface area contributed by atoms with Crippen LogP contribution in [0, 0.1) is 71.0 Å². The van der Waals surface area contributed by atoms with Crippen LogP contribution in [0.25, 0.3) is 0 Å². The molecular weight excluding hydrogens is 647 g/mol. The summed E-state index contributed by atoms with van der Waals surface area (Å²) in [7, 11) is 0. The summed E-state index contributed by atoms with van der Waals surface area (Å²) in [5, 5.41) is 0. The van der Waals surface area contributed by atoms with Gasteiger partial charge in [0, 0.05) is 24.0 Å². The highest BCUT2D eigenvalue weighted by atomic mass is 16.5. The fourth-order valence-corrected chi connectivity index (χ4v) is 18.5. The lowest BCUT2D eigenvalue weighted by molar-refractivity contribution is -0.106. The topological polar surface area (TPSA) is 21.7 Å². The normalized spacial score (nSPS) is 54.2. The monoisotopic (exact) mass is 728 g/mol. The van der Waals surface area contributed by atoms with Crippen LogP contribution in [-0.4, -0.2) is 47.4 Å². The first-order chi connectivity index (χ1) is 26.3. The molecule has 0 N–H and O–H groups in total. The van der Waals surface area contributed by atoms with Gasteiger partial charge in [-0.1, -0.05) is 83.5 Å². The summed E-state index contributed by atoms with van der Waals surface area (Å²) >= 11 is 0. The molecule has 11 aliphatic rings. The van der Waals surface area contributed by atoms with Crippen molar-refractivity contribution in [3.63, 3.8) is 0 Å². The highest BCUT2D eigenvalue weighted by Gasteiger charge is 2.61. The van der Waals surface area contributed by atoms with Gasteiger partial charge in [0.05, 0.1) is 24.4 Å². The lowest BCUT2D eigenvalue weighted by Gasteiger charge is -2.53. The van der Waals surface area contributed by atoms with Crippen molar-refractivity contribution in [2.45, 2.75) is 242 Å². The maximum absolute atomic E-state index is 7.74. The zero-order valence-corrected chi connectivity index (χ0v) is 34.2. The molecule has 2 heterocycles. The van der Waals surface area contributed by atoms with E-state index in [4.69, 9.17) is 9.47 Å². The highest BCUT2D eigenvalue weighted by molar-refractivity contribution is 5.10. The van der Waals surface area contributed by atoms with Crippen molar-refractivity contribution in [3.05, 3.63) is 0 Å². The number of rotatable bonds is 5. The lowest BCUT2D eigenvalue weighted by Crippen LogP contribution is -2.58. The average Bonchev–Trinajstić information content (AvgIpc) is 3.80. The minimum Gasteiger partial charge on any atom is -0.374 e. The van der Waals surface area contributed by atoms with Crippen LogP contribution in [0.2, 0.25) is 0 Å². The molecule has 11 rings (SSSR count).